The topological polar surface area (TPSA) is 108 Å². The number of amides is 3. The fraction of sp³-hybridized carbons (Fsp3) is 0.353. The highest BCUT2D eigenvalue weighted by molar-refractivity contribution is 7.94. The van der Waals surface area contributed by atoms with Crippen LogP contribution in [0, 0.1) is 0 Å². The van der Waals surface area contributed by atoms with Crippen LogP contribution in [0.4, 0.5) is 4.79 Å². The van der Waals surface area contributed by atoms with E-state index in [-0.39, 0.29) is 16.8 Å². The number of hydrogen-bond acceptors (Lipinski definition) is 6. The lowest BCUT2D eigenvalue weighted by Gasteiger charge is -2.35. The average Bonchev–Trinajstić information content (AvgIpc) is 3.06. The van der Waals surface area contributed by atoms with Crippen molar-refractivity contribution in [1.82, 2.24) is 20.4 Å². The van der Waals surface area contributed by atoms with Crippen molar-refractivity contribution in [3.63, 3.8) is 0 Å². The number of carbonyl (C=O) groups is 2. The molecule has 0 unspecified atom stereocenters. The summed E-state index contributed by atoms with van der Waals surface area (Å²) in [5.41, 5.74) is 1.98. The summed E-state index contributed by atoms with van der Waals surface area (Å²) in [5, 5.41) is 7.14. The number of rotatable bonds is 14. The third-order valence-corrected chi connectivity index (χ3v) is 9.09. The predicted molar refractivity (Wildman–Crippen MR) is 172 cm³/mol. The van der Waals surface area contributed by atoms with Crippen molar-refractivity contribution in [2.45, 2.75) is 36.2 Å². The van der Waals surface area contributed by atoms with Gasteiger partial charge < -0.3 is 20.3 Å². The number of carbonyl (C=O) groups excluding carboxylic acids is 2. The summed E-state index contributed by atoms with van der Waals surface area (Å²) in [7, 11) is -2.03. The molecule has 4 rings (SSSR count). The number of nitrogens with zero attached hydrogens (tertiary/aromatic N) is 2. The number of ether oxygens (including phenoxy) is 1. The van der Waals surface area contributed by atoms with E-state index in [1.165, 1.54) is 6.08 Å². The molecule has 1 aliphatic rings. The van der Waals surface area contributed by atoms with E-state index in [2.05, 4.69) is 15.5 Å². The molecule has 3 aromatic rings. The molecule has 1 saturated heterocycles. The van der Waals surface area contributed by atoms with E-state index in [1.54, 1.807) is 42.3 Å². The van der Waals surface area contributed by atoms with E-state index in [0.29, 0.717) is 39.0 Å². The first-order valence-corrected chi connectivity index (χ1v) is 16.5. The minimum Gasteiger partial charge on any atom is -0.383 e. The maximum Gasteiger partial charge on any atom is 0.318 e. The second-order valence-corrected chi connectivity index (χ2v) is 12.7. The summed E-state index contributed by atoms with van der Waals surface area (Å²) in [5.74, 6) is -0.374. The van der Waals surface area contributed by atoms with Crippen LogP contribution in [0.15, 0.2) is 107 Å². The monoisotopic (exact) mass is 618 g/mol. The SMILES string of the molecule is COCCN1CCN(C(=O)N[C@@H](Cc2ccccc2)C(=O)N[C@H](/C=C/S(=O)(=O)c2ccccc2)CCc2ccccc2)CC1. The van der Waals surface area contributed by atoms with Crippen molar-refractivity contribution in [3.05, 3.63) is 114 Å². The van der Waals surface area contributed by atoms with Gasteiger partial charge in [0.1, 0.15) is 6.04 Å². The molecule has 0 spiro atoms. The molecule has 3 amide bonds. The molecule has 9 nitrogen and oxygen atoms in total. The van der Waals surface area contributed by atoms with Crippen LogP contribution in [0.25, 0.3) is 0 Å². The number of urea groups is 1. The Morgan fingerprint density at radius 2 is 1.43 bits per heavy atom. The highest BCUT2D eigenvalue weighted by Crippen LogP contribution is 2.14. The van der Waals surface area contributed by atoms with Crippen LogP contribution in [-0.2, 0) is 32.2 Å². The third kappa shape index (κ3) is 10.3. The van der Waals surface area contributed by atoms with Crippen LogP contribution in [-0.4, -0.2) is 88.7 Å². The zero-order valence-electron chi connectivity index (χ0n) is 25.2. The van der Waals surface area contributed by atoms with Crippen molar-refractivity contribution >= 4 is 21.8 Å². The van der Waals surface area contributed by atoms with Gasteiger partial charge in [-0.05, 0) is 36.1 Å². The van der Waals surface area contributed by atoms with Gasteiger partial charge in [0, 0.05) is 57.7 Å². The fourth-order valence-corrected chi connectivity index (χ4v) is 6.14. The van der Waals surface area contributed by atoms with E-state index >= 15 is 0 Å². The first-order chi connectivity index (χ1) is 21.3. The van der Waals surface area contributed by atoms with Crippen LogP contribution >= 0.6 is 0 Å². The molecule has 10 heteroatoms. The molecule has 44 heavy (non-hydrogen) atoms. The molecular formula is C34H42N4O5S. The fourth-order valence-electron chi connectivity index (χ4n) is 5.05. The predicted octanol–water partition coefficient (Wildman–Crippen LogP) is 3.68. The summed E-state index contributed by atoms with van der Waals surface area (Å²) in [6.07, 6.45) is 2.93. The Bertz CT molecular complexity index is 1440. The van der Waals surface area contributed by atoms with E-state index in [0.717, 1.165) is 36.2 Å². The van der Waals surface area contributed by atoms with Gasteiger partial charge in [-0.2, -0.15) is 0 Å². The Labute approximate surface area is 260 Å². The van der Waals surface area contributed by atoms with Gasteiger partial charge >= 0.3 is 6.03 Å². The molecule has 2 N–H and O–H groups in total. The second-order valence-electron chi connectivity index (χ2n) is 10.8. The quantitative estimate of drug-likeness (QED) is 0.286. The first kappa shape index (κ1) is 32.9. The molecular weight excluding hydrogens is 576 g/mol. The summed E-state index contributed by atoms with van der Waals surface area (Å²) >= 11 is 0. The maximum atomic E-state index is 13.8. The van der Waals surface area contributed by atoms with E-state index in [4.69, 9.17) is 4.74 Å². The van der Waals surface area contributed by atoms with E-state index < -0.39 is 21.9 Å². The Morgan fingerprint density at radius 1 is 0.841 bits per heavy atom. The van der Waals surface area contributed by atoms with E-state index in [9.17, 15) is 18.0 Å². The summed E-state index contributed by atoms with van der Waals surface area (Å²) in [6, 6.07) is 25.8. The van der Waals surface area contributed by atoms with Crippen LogP contribution in [0.3, 0.4) is 0 Å². The van der Waals surface area contributed by atoms with Gasteiger partial charge in [-0.15, -0.1) is 0 Å². The van der Waals surface area contributed by atoms with Gasteiger partial charge in [0.05, 0.1) is 11.5 Å². The van der Waals surface area contributed by atoms with E-state index in [1.807, 2.05) is 60.7 Å². The number of methoxy groups -OCH3 is 1. The van der Waals surface area contributed by atoms with Crippen LogP contribution in [0.1, 0.15) is 17.5 Å². The number of benzene rings is 3. The van der Waals surface area contributed by atoms with Crippen molar-refractivity contribution in [3.8, 4) is 0 Å². The molecule has 0 radical (unpaired) electrons. The number of aryl methyl sites for hydroxylation is 1. The summed E-state index contributed by atoms with van der Waals surface area (Å²) in [6.45, 7) is 4.01. The number of nitrogens with one attached hydrogen (secondary N) is 2. The normalized spacial score (nSPS) is 15.5. The lowest BCUT2D eigenvalue weighted by molar-refractivity contribution is -0.123. The lowest BCUT2D eigenvalue weighted by atomic mass is 10.0. The van der Waals surface area contributed by atoms with Gasteiger partial charge in [0.15, 0.2) is 9.84 Å². The number of sulfone groups is 1. The Balaban J connectivity index is 1.49. The highest BCUT2D eigenvalue weighted by Gasteiger charge is 2.27. The van der Waals surface area contributed by atoms with Crippen molar-refractivity contribution < 1.29 is 22.7 Å². The molecule has 0 aromatic heterocycles. The average molecular weight is 619 g/mol. The number of piperazine rings is 1. The Hall–Kier alpha value is -3.99. The Kier molecular flexibility index (Phi) is 12.5. The van der Waals surface area contributed by atoms with Gasteiger partial charge in [-0.25, -0.2) is 13.2 Å². The van der Waals surface area contributed by atoms with Gasteiger partial charge in [-0.3, -0.25) is 9.69 Å². The number of hydrogen-bond donors (Lipinski definition) is 2. The standard InChI is InChI=1S/C34H42N4O5S/c1-43-25-24-37-20-22-38(23-21-37)34(40)36-32(27-29-13-7-3-8-14-29)33(39)35-30(18-17-28-11-5-2-6-12-28)19-26-44(41,42)31-15-9-4-10-16-31/h2-16,19,26,30,32H,17-18,20-25,27H2,1H3,(H,35,39)(H,36,40)/b26-19+/t30-,32-/m0/s1. The largest absolute Gasteiger partial charge is 0.383 e. The molecule has 1 fully saturated rings. The zero-order valence-corrected chi connectivity index (χ0v) is 26.0. The zero-order chi connectivity index (χ0) is 31.2. The molecule has 0 bridgehead atoms. The van der Waals surface area contributed by atoms with Gasteiger partial charge in [0.2, 0.25) is 5.91 Å². The van der Waals surface area contributed by atoms with Crippen LogP contribution in [0.5, 0.6) is 0 Å². The molecule has 0 saturated carbocycles. The van der Waals surface area contributed by atoms with Crippen molar-refractivity contribution in [2.75, 3.05) is 46.4 Å². The summed E-state index contributed by atoms with van der Waals surface area (Å²) < 4.78 is 31.2. The third-order valence-electron chi connectivity index (χ3n) is 7.64. The molecule has 0 aliphatic carbocycles. The smallest absolute Gasteiger partial charge is 0.318 e. The lowest BCUT2D eigenvalue weighted by Crippen LogP contribution is -2.57. The van der Waals surface area contributed by atoms with Crippen molar-refractivity contribution in [1.29, 1.82) is 0 Å². The van der Waals surface area contributed by atoms with Gasteiger partial charge in [0.25, 0.3) is 0 Å². The molecule has 234 valence electrons. The molecule has 1 heterocycles. The van der Waals surface area contributed by atoms with Gasteiger partial charge in [-0.1, -0.05) is 84.9 Å². The minimum absolute atomic E-state index is 0.181. The van der Waals surface area contributed by atoms with Crippen molar-refractivity contribution in [2.24, 2.45) is 0 Å². The van der Waals surface area contributed by atoms with Crippen LogP contribution < -0.4 is 10.6 Å². The maximum absolute atomic E-state index is 13.8. The van der Waals surface area contributed by atoms with Crippen LogP contribution in [0.2, 0.25) is 0 Å². The highest BCUT2D eigenvalue weighted by atomic mass is 32.2. The molecule has 2 atom stereocenters. The minimum atomic E-state index is -3.71. The first-order valence-electron chi connectivity index (χ1n) is 15.0. The molecule has 3 aromatic carbocycles. The summed E-state index contributed by atoms with van der Waals surface area (Å²) in [4.78, 5) is 31.3. The Morgan fingerprint density at radius 3 is 2.05 bits per heavy atom. The molecule has 1 aliphatic heterocycles. The second kappa shape index (κ2) is 16.7.